The van der Waals surface area contributed by atoms with E-state index < -0.39 is 5.97 Å². The zero-order chi connectivity index (χ0) is 14.7. The summed E-state index contributed by atoms with van der Waals surface area (Å²) in [7, 11) is 0. The number of hydrogen-bond donors (Lipinski definition) is 1. The molecule has 0 unspecified atom stereocenters. The predicted octanol–water partition coefficient (Wildman–Crippen LogP) is 3.97. The highest BCUT2D eigenvalue weighted by Crippen LogP contribution is 2.22. The third-order valence-corrected chi connectivity index (χ3v) is 3.73. The molecule has 106 valence electrons. The SMILES string of the molecule is O=C(O)c1cn(CCCc2ccccc2)c2ccccc12. The molecule has 0 spiro atoms. The molecule has 2 aromatic carbocycles. The summed E-state index contributed by atoms with van der Waals surface area (Å²) in [4.78, 5) is 11.3. The fraction of sp³-hybridized carbons (Fsp3) is 0.167. The Hall–Kier alpha value is -2.55. The van der Waals surface area contributed by atoms with E-state index in [0.29, 0.717) is 5.56 Å². The molecule has 0 aliphatic rings. The second-order valence-electron chi connectivity index (χ2n) is 5.15. The summed E-state index contributed by atoms with van der Waals surface area (Å²) in [5, 5.41) is 10.1. The van der Waals surface area contributed by atoms with Crippen LogP contribution in [0.1, 0.15) is 22.3 Å². The van der Waals surface area contributed by atoms with Crippen molar-refractivity contribution in [2.45, 2.75) is 19.4 Å². The monoisotopic (exact) mass is 279 g/mol. The van der Waals surface area contributed by atoms with E-state index in [1.807, 2.05) is 47.0 Å². The minimum absolute atomic E-state index is 0.380. The summed E-state index contributed by atoms with van der Waals surface area (Å²) in [6.07, 6.45) is 3.73. The van der Waals surface area contributed by atoms with Gasteiger partial charge in [0.25, 0.3) is 0 Å². The van der Waals surface area contributed by atoms with Gasteiger partial charge in [0.15, 0.2) is 0 Å². The third kappa shape index (κ3) is 2.82. The molecular weight excluding hydrogens is 262 g/mol. The third-order valence-electron chi connectivity index (χ3n) is 3.73. The largest absolute Gasteiger partial charge is 0.478 e. The lowest BCUT2D eigenvalue weighted by molar-refractivity contribution is 0.0699. The Morgan fingerprint density at radius 3 is 2.48 bits per heavy atom. The number of benzene rings is 2. The van der Waals surface area contributed by atoms with Crippen LogP contribution in [0.15, 0.2) is 60.8 Å². The number of nitrogens with zero attached hydrogens (tertiary/aromatic N) is 1. The molecule has 1 N–H and O–H groups in total. The lowest BCUT2D eigenvalue weighted by Crippen LogP contribution is -1.99. The highest BCUT2D eigenvalue weighted by Gasteiger charge is 2.13. The summed E-state index contributed by atoms with van der Waals surface area (Å²) in [5.41, 5.74) is 2.68. The molecule has 0 fully saturated rings. The first kappa shape index (κ1) is 13.4. The van der Waals surface area contributed by atoms with Crippen LogP contribution in [-0.4, -0.2) is 15.6 Å². The zero-order valence-electron chi connectivity index (χ0n) is 11.7. The molecule has 21 heavy (non-hydrogen) atoms. The van der Waals surface area contributed by atoms with Crippen molar-refractivity contribution in [3.05, 3.63) is 71.9 Å². The number of carboxylic acids is 1. The van der Waals surface area contributed by atoms with Crippen LogP contribution in [0.25, 0.3) is 10.9 Å². The molecule has 0 saturated carbocycles. The second-order valence-corrected chi connectivity index (χ2v) is 5.15. The van der Waals surface area contributed by atoms with Gasteiger partial charge in [0.1, 0.15) is 0 Å². The molecule has 0 radical (unpaired) electrons. The minimum Gasteiger partial charge on any atom is -0.478 e. The van der Waals surface area contributed by atoms with Crippen LogP contribution in [0.5, 0.6) is 0 Å². The van der Waals surface area contributed by atoms with Gasteiger partial charge in [-0.1, -0.05) is 48.5 Å². The van der Waals surface area contributed by atoms with Crippen molar-refractivity contribution < 1.29 is 9.90 Å². The Labute approximate surface area is 123 Å². The van der Waals surface area contributed by atoms with Gasteiger partial charge in [0.05, 0.1) is 5.56 Å². The van der Waals surface area contributed by atoms with Gasteiger partial charge in [-0.2, -0.15) is 0 Å². The Morgan fingerprint density at radius 1 is 1.00 bits per heavy atom. The van der Waals surface area contributed by atoms with Gasteiger partial charge in [0.2, 0.25) is 0 Å². The van der Waals surface area contributed by atoms with Crippen molar-refractivity contribution in [1.82, 2.24) is 4.57 Å². The number of carbonyl (C=O) groups is 1. The molecule has 1 heterocycles. The van der Waals surface area contributed by atoms with Crippen LogP contribution in [0, 0.1) is 0 Å². The highest BCUT2D eigenvalue weighted by molar-refractivity contribution is 6.03. The van der Waals surface area contributed by atoms with Gasteiger partial charge in [-0.15, -0.1) is 0 Å². The predicted molar refractivity (Wildman–Crippen MR) is 83.7 cm³/mol. The lowest BCUT2D eigenvalue weighted by Gasteiger charge is -2.05. The van der Waals surface area contributed by atoms with Gasteiger partial charge >= 0.3 is 5.97 Å². The van der Waals surface area contributed by atoms with Gasteiger partial charge in [-0.25, -0.2) is 4.79 Å². The van der Waals surface area contributed by atoms with Gasteiger partial charge in [0, 0.05) is 23.6 Å². The Morgan fingerprint density at radius 2 is 1.71 bits per heavy atom. The Kier molecular flexibility index (Phi) is 3.73. The first-order valence-electron chi connectivity index (χ1n) is 7.11. The molecule has 0 aliphatic heterocycles. The molecule has 0 atom stereocenters. The van der Waals surface area contributed by atoms with Crippen molar-refractivity contribution in [3.63, 3.8) is 0 Å². The molecule has 0 amide bonds. The van der Waals surface area contributed by atoms with E-state index in [9.17, 15) is 9.90 Å². The van der Waals surface area contributed by atoms with E-state index >= 15 is 0 Å². The zero-order valence-corrected chi connectivity index (χ0v) is 11.7. The molecule has 1 aromatic heterocycles. The highest BCUT2D eigenvalue weighted by atomic mass is 16.4. The first-order valence-corrected chi connectivity index (χ1v) is 7.11. The summed E-state index contributed by atoms with van der Waals surface area (Å²) < 4.78 is 2.04. The van der Waals surface area contributed by atoms with Crippen molar-refractivity contribution in [2.75, 3.05) is 0 Å². The van der Waals surface area contributed by atoms with Crippen molar-refractivity contribution in [1.29, 1.82) is 0 Å². The van der Waals surface area contributed by atoms with Crippen molar-refractivity contribution in [3.8, 4) is 0 Å². The van der Waals surface area contributed by atoms with Crippen LogP contribution < -0.4 is 0 Å². The number of rotatable bonds is 5. The summed E-state index contributed by atoms with van der Waals surface area (Å²) in [6, 6.07) is 18.0. The van der Waals surface area contributed by atoms with Crippen LogP contribution in [0.3, 0.4) is 0 Å². The minimum atomic E-state index is -0.868. The molecule has 0 saturated heterocycles. The number of aromatic nitrogens is 1. The summed E-state index contributed by atoms with van der Waals surface area (Å²) >= 11 is 0. The molecule has 0 aliphatic carbocycles. The Balaban J connectivity index is 1.79. The fourth-order valence-electron chi connectivity index (χ4n) is 2.70. The van der Waals surface area contributed by atoms with Gasteiger partial charge in [-0.3, -0.25) is 0 Å². The fourth-order valence-corrected chi connectivity index (χ4v) is 2.70. The standard InChI is InChI=1S/C18H17NO2/c20-18(21)16-13-19(17-11-5-4-10-15(16)17)12-6-9-14-7-2-1-3-8-14/h1-5,7-8,10-11,13H,6,9,12H2,(H,20,21). The van der Waals surface area contributed by atoms with Crippen molar-refractivity contribution >= 4 is 16.9 Å². The quantitative estimate of drug-likeness (QED) is 0.767. The number of aryl methyl sites for hydroxylation is 2. The number of para-hydroxylation sites is 1. The smallest absolute Gasteiger partial charge is 0.337 e. The van der Waals surface area contributed by atoms with Gasteiger partial charge in [-0.05, 0) is 24.5 Å². The average molecular weight is 279 g/mol. The number of fused-ring (bicyclic) bond motifs is 1. The molecule has 3 nitrogen and oxygen atoms in total. The van der Waals surface area contributed by atoms with Gasteiger partial charge < -0.3 is 9.67 Å². The summed E-state index contributed by atoms with van der Waals surface area (Å²) in [5.74, 6) is -0.868. The van der Waals surface area contributed by atoms with Crippen LogP contribution >= 0.6 is 0 Å². The lowest BCUT2D eigenvalue weighted by atomic mass is 10.1. The van der Waals surface area contributed by atoms with Crippen molar-refractivity contribution in [2.24, 2.45) is 0 Å². The molecule has 3 aromatic rings. The van der Waals surface area contributed by atoms with Crippen LogP contribution in [0.4, 0.5) is 0 Å². The normalized spacial score (nSPS) is 10.9. The molecule has 3 rings (SSSR count). The average Bonchev–Trinajstić information content (AvgIpc) is 2.88. The van der Waals surface area contributed by atoms with Crippen LogP contribution in [0.2, 0.25) is 0 Å². The van der Waals surface area contributed by atoms with E-state index in [1.165, 1.54) is 5.56 Å². The van der Waals surface area contributed by atoms with E-state index in [0.717, 1.165) is 30.3 Å². The number of aromatic carboxylic acids is 1. The molecule has 0 bridgehead atoms. The van der Waals surface area contributed by atoms with E-state index in [-0.39, 0.29) is 0 Å². The first-order chi connectivity index (χ1) is 10.3. The molecule has 3 heteroatoms. The van der Waals surface area contributed by atoms with E-state index in [1.54, 1.807) is 6.20 Å². The number of carboxylic acid groups (broad SMARTS) is 1. The molecular formula is C18H17NO2. The summed E-state index contributed by atoms with van der Waals surface area (Å²) in [6.45, 7) is 0.822. The Bertz CT molecular complexity index is 759. The second kappa shape index (κ2) is 5.83. The maximum Gasteiger partial charge on any atom is 0.337 e. The maximum absolute atomic E-state index is 11.3. The van der Waals surface area contributed by atoms with E-state index in [2.05, 4.69) is 12.1 Å². The maximum atomic E-state index is 11.3. The van der Waals surface area contributed by atoms with E-state index in [4.69, 9.17) is 0 Å². The topological polar surface area (TPSA) is 42.2 Å². The number of hydrogen-bond acceptors (Lipinski definition) is 1. The van der Waals surface area contributed by atoms with Crippen LogP contribution in [-0.2, 0) is 13.0 Å².